The van der Waals surface area contributed by atoms with Gasteiger partial charge in [0, 0.05) is 43.9 Å². The van der Waals surface area contributed by atoms with Gasteiger partial charge in [0.05, 0.1) is 12.8 Å². The van der Waals surface area contributed by atoms with Crippen LogP contribution in [0.1, 0.15) is 42.7 Å². The Hall–Kier alpha value is -2.92. The summed E-state index contributed by atoms with van der Waals surface area (Å²) in [4.78, 5) is 19.1. The molecule has 2 aliphatic heterocycles. The number of likely N-dealkylation sites (tertiary alicyclic amines) is 1. The second-order valence-electron chi connectivity index (χ2n) is 8.27. The highest BCUT2D eigenvalue weighted by molar-refractivity contribution is 5.91. The van der Waals surface area contributed by atoms with Crippen molar-refractivity contribution < 1.29 is 9.53 Å². The quantitative estimate of drug-likeness (QED) is 0.701. The van der Waals surface area contributed by atoms with Gasteiger partial charge >= 0.3 is 0 Å². The maximum absolute atomic E-state index is 12.6. The highest BCUT2D eigenvalue weighted by atomic mass is 16.5. The lowest BCUT2D eigenvalue weighted by molar-refractivity contribution is -0.125. The molecule has 1 N–H and O–H groups in total. The molecule has 162 valence electrons. The third-order valence-electron chi connectivity index (χ3n) is 6.21. The fourth-order valence-electron chi connectivity index (χ4n) is 4.37. The fraction of sp³-hybridized carbons (Fsp3) is 0.385. The van der Waals surface area contributed by atoms with Crippen molar-refractivity contribution in [1.29, 1.82) is 0 Å². The van der Waals surface area contributed by atoms with E-state index in [-0.39, 0.29) is 5.91 Å². The number of methoxy groups -OCH3 is 1. The summed E-state index contributed by atoms with van der Waals surface area (Å²) in [5, 5.41) is 3.77. The van der Waals surface area contributed by atoms with Crippen LogP contribution in [-0.2, 0) is 4.79 Å². The number of hydrogen-bond acceptors (Lipinski definition) is 4. The van der Waals surface area contributed by atoms with E-state index in [1.165, 1.54) is 5.56 Å². The first-order chi connectivity index (χ1) is 15.2. The molecule has 2 unspecified atom stereocenters. The Morgan fingerprint density at radius 1 is 1.19 bits per heavy atom. The van der Waals surface area contributed by atoms with Crippen LogP contribution in [0.4, 0.5) is 5.69 Å². The first-order valence-corrected chi connectivity index (χ1v) is 11.2. The van der Waals surface area contributed by atoms with E-state index in [0.717, 1.165) is 62.3 Å². The molecule has 1 saturated heterocycles. The van der Waals surface area contributed by atoms with Crippen LogP contribution < -0.4 is 10.1 Å². The summed E-state index contributed by atoms with van der Waals surface area (Å²) >= 11 is 0. The Labute approximate surface area is 184 Å². The first-order valence-electron chi connectivity index (χ1n) is 11.2. The summed E-state index contributed by atoms with van der Waals surface area (Å²) in [5.41, 5.74) is 3.35. The van der Waals surface area contributed by atoms with Gasteiger partial charge in [-0.1, -0.05) is 30.3 Å². The molecule has 2 aliphatic rings. The molecule has 0 aromatic heterocycles. The van der Waals surface area contributed by atoms with E-state index in [1.54, 1.807) is 13.2 Å². The van der Waals surface area contributed by atoms with Crippen molar-refractivity contribution in [2.24, 2.45) is 4.99 Å². The fourth-order valence-corrected chi connectivity index (χ4v) is 4.37. The van der Waals surface area contributed by atoms with Crippen LogP contribution in [0.5, 0.6) is 5.75 Å². The minimum Gasteiger partial charge on any atom is -0.497 e. The molecular weight excluding hydrogens is 386 g/mol. The molecule has 2 atom stereocenters. The van der Waals surface area contributed by atoms with Crippen molar-refractivity contribution >= 4 is 23.9 Å². The normalized spacial score (nSPS) is 21.0. The first kappa shape index (κ1) is 21.3. The molecule has 5 nitrogen and oxygen atoms in total. The molecule has 0 spiro atoms. The van der Waals surface area contributed by atoms with E-state index < -0.39 is 0 Å². The van der Waals surface area contributed by atoms with Crippen LogP contribution in [0, 0.1) is 0 Å². The molecule has 0 saturated carbocycles. The second kappa shape index (κ2) is 10.4. The number of nitrogens with zero attached hydrogens (tertiary/aromatic N) is 2. The minimum absolute atomic E-state index is 0.106. The molecule has 31 heavy (non-hydrogen) atoms. The van der Waals surface area contributed by atoms with Crippen LogP contribution in [0.3, 0.4) is 0 Å². The number of carbonyl (C=O) groups excluding carboxylic acids is 1. The summed E-state index contributed by atoms with van der Waals surface area (Å²) in [6.07, 6.45) is 9.67. The molecular formula is C26H31N3O2. The molecule has 1 amide bonds. The van der Waals surface area contributed by atoms with Gasteiger partial charge in [-0.2, -0.15) is 0 Å². The minimum atomic E-state index is 0.106. The second-order valence-corrected chi connectivity index (χ2v) is 8.27. The maximum atomic E-state index is 12.6. The van der Waals surface area contributed by atoms with Crippen LogP contribution in [0.2, 0.25) is 0 Å². The molecule has 0 radical (unpaired) electrons. The predicted octanol–water partition coefficient (Wildman–Crippen LogP) is 4.57. The van der Waals surface area contributed by atoms with E-state index in [2.05, 4.69) is 16.4 Å². The molecule has 2 heterocycles. The molecule has 2 aromatic carbocycles. The van der Waals surface area contributed by atoms with Gasteiger partial charge in [-0.3, -0.25) is 9.79 Å². The SMILES string of the molecule is COc1ccc2c(c1)C(CNC1CCCN(C(=O)/C=C/c3ccccc3)CC1)CC=N2. The van der Waals surface area contributed by atoms with Crippen LogP contribution in [0.25, 0.3) is 6.08 Å². The van der Waals surface area contributed by atoms with Crippen LogP contribution >= 0.6 is 0 Å². The number of aliphatic imine (C=N–C) groups is 1. The molecule has 5 heteroatoms. The van der Waals surface area contributed by atoms with Gasteiger partial charge in [0.1, 0.15) is 5.75 Å². The number of benzene rings is 2. The Morgan fingerprint density at radius 3 is 2.90 bits per heavy atom. The smallest absolute Gasteiger partial charge is 0.246 e. The summed E-state index contributed by atoms with van der Waals surface area (Å²) < 4.78 is 5.41. The number of hydrogen-bond donors (Lipinski definition) is 1. The Morgan fingerprint density at radius 2 is 2.06 bits per heavy atom. The van der Waals surface area contributed by atoms with E-state index >= 15 is 0 Å². The predicted molar refractivity (Wildman–Crippen MR) is 126 cm³/mol. The van der Waals surface area contributed by atoms with Crippen molar-refractivity contribution in [3.05, 3.63) is 65.7 Å². The summed E-state index contributed by atoms with van der Waals surface area (Å²) in [6.45, 7) is 2.54. The average Bonchev–Trinajstić information content (AvgIpc) is 3.07. The van der Waals surface area contributed by atoms with Crippen molar-refractivity contribution in [2.75, 3.05) is 26.7 Å². The van der Waals surface area contributed by atoms with Gasteiger partial charge in [0.25, 0.3) is 0 Å². The van der Waals surface area contributed by atoms with E-state index in [0.29, 0.717) is 12.0 Å². The number of carbonyl (C=O) groups is 1. The van der Waals surface area contributed by atoms with Gasteiger partial charge in [0.2, 0.25) is 5.91 Å². The van der Waals surface area contributed by atoms with Crippen molar-refractivity contribution in [3.63, 3.8) is 0 Å². The zero-order valence-electron chi connectivity index (χ0n) is 18.2. The zero-order chi connectivity index (χ0) is 21.5. The lowest BCUT2D eigenvalue weighted by atomic mass is 9.91. The van der Waals surface area contributed by atoms with E-state index in [1.807, 2.05) is 59.7 Å². The Bertz CT molecular complexity index is 939. The van der Waals surface area contributed by atoms with Crippen molar-refractivity contribution in [1.82, 2.24) is 10.2 Å². The number of fused-ring (bicyclic) bond motifs is 1. The standard InChI is InChI=1S/C26H31N3O2/c1-31-23-10-11-25-24(18-23)21(13-15-27-25)19-28-22-8-5-16-29(17-14-22)26(30)12-9-20-6-3-2-4-7-20/h2-4,6-7,9-12,15,18,21-22,28H,5,8,13-14,16-17,19H2,1H3/b12-9+. The maximum Gasteiger partial charge on any atom is 0.246 e. The third kappa shape index (κ3) is 5.61. The lowest BCUT2D eigenvalue weighted by Gasteiger charge is -2.25. The summed E-state index contributed by atoms with van der Waals surface area (Å²) in [7, 11) is 1.70. The van der Waals surface area contributed by atoms with Crippen LogP contribution in [0.15, 0.2) is 59.6 Å². The topological polar surface area (TPSA) is 53.9 Å². The Balaban J connectivity index is 1.29. The third-order valence-corrected chi connectivity index (χ3v) is 6.21. The Kier molecular flexibility index (Phi) is 7.15. The van der Waals surface area contributed by atoms with Crippen molar-refractivity contribution in [2.45, 2.75) is 37.6 Å². The van der Waals surface area contributed by atoms with Crippen LogP contribution in [-0.4, -0.2) is 49.8 Å². The lowest BCUT2D eigenvalue weighted by Crippen LogP contribution is -2.35. The highest BCUT2D eigenvalue weighted by Crippen LogP contribution is 2.35. The average molecular weight is 418 g/mol. The molecule has 0 aliphatic carbocycles. The highest BCUT2D eigenvalue weighted by Gasteiger charge is 2.23. The molecule has 1 fully saturated rings. The van der Waals surface area contributed by atoms with Gasteiger partial charge in [-0.25, -0.2) is 0 Å². The zero-order valence-corrected chi connectivity index (χ0v) is 18.2. The van der Waals surface area contributed by atoms with E-state index in [9.17, 15) is 4.79 Å². The number of nitrogens with one attached hydrogen (secondary N) is 1. The van der Waals surface area contributed by atoms with Gasteiger partial charge in [0.15, 0.2) is 0 Å². The summed E-state index contributed by atoms with van der Waals surface area (Å²) in [6, 6.07) is 16.5. The van der Waals surface area contributed by atoms with E-state index in [4.69, 9.17) is 4.74 Å². The largest absolute Gasteiger partial charge is 0.497 e. The number of ether oxygens (including phenoxy) is 1. The molecule has 2 aromatic rings. The summed E-state index contributed by atoms with van der Waals surface area (Å²) in [5.74, 6) is 1.39. The monoisotopic (exact) mass is 417 g/mol. The van der Waals surface area contributed by atoms with Gasteiger partial charge in [-0.15, -0.1) is 0 Å². The molecule has 0 bridgehead atoms. The van der Waals surface area contributed by atoms with Crippen molar-refractivity contribution in [3.8, 4) is 5.75 Å². The molecule has 4 rings (SSSR count). The number of amides is 1. The number of rotatable bonds is 6. The van der Waals surface area contributed by atoms with Gasteiger partial charge in [-0.05, 0) is 61.1 Å². The van der Waals surface area contributed by atoms with Gasteiger partial charge < -0.3 is 15.0 Å².